The van der Waals surface area contributed by atoms with E-state index in [1.165, 1.54) is 24.3 Å². The fraction of sp³-hybridized carbons (Fsp3) is 0.167. The lowest BCUT2D eigenvalue weighted by atomic mass is 10.1. The molecule has 0 saturated heterocycles. The molecule has 0 spiro atoms. The number of ketones is 1. The molecular weight excluding hydrogens is 326 g/mol. The van der Waals surface area contributed by atoms with Crippen LogP contribution in [0.15, 0.2) is 35.9 Å². The molecule has 1 aliphatic heterocycles. The first-order chi connectivity index (χ1) is 12.0. The number of allylic oxidation sites excluding steroid dienone is 1. The van der Waals surface area contributed by atoms with Crippen LogP contribution in [-0.4, -0.2) is 29.0 Å². The molecule has 0 radical (unpaired) electrons. The van der Waals surface area contributed by atoms with Crippen LogP contribution < -0.4 is 9.47 Å². The van der Waals surface area contributed by atoms with Crippen LogP contribution in [0.25, 0.3) is 6.08 Å². The summed E-state index contributed by atoms with van der Waals surface area (Å²) in [7, 11) is 0. The molecule has 2 aliphatic rings. The van der Waals surface area contributed by atoms with E-state index in [1.807, 2.05) is 0 Å². The van der Waals surface area contributed by atoms with Crippen LogP contribution in [0.5, 0.6) is 17.2 Å². The smallest absolute Gasteiger partial charge is 0.280 e. The standard InChI is InChI=1S/C18H13NO6/c20-15-3-1-2-12-13(15)7-11(18(12)21)6-10-8-16-17(25-5-4-24-16)9-14(10)19(22)23/h1-3,6,8-9,20H,4-5,7H2. The number of phenols is 1. The highest BCUT2D eigenvalue weighted by Gasteiger charge is 2.29. The molecule has 0 aromatic heterocycles. The summed E-state index contributed by atoms with van der Waals surface area (Å²) in [6, 6.07) is 7.57. The van der Waals surface area contributed by atoms with E-state index in [2.05, 4.69) is 0 Å². The van der Waals surface area contributed by atoms with Gasteiger partial charge in [0.25, 0.3) is 5.69 Å². The summed E-state index contributed by atoms with van der Waals surface area (Å²) < 4.78 is 10.8. The van der Waals surface area contributed by atoms with E-state index in [9.17, 15) is 20.0 Å². The summed E-state index contributed by atoms with van der Waals surface area (Å²) in [5, 5.41) is 21.3. The number of benzene rings is 2. The van der Waals surface area contributed by atoms with E-state index in [-0.39, 0.29) is 29.2 Å². The van der Waals surface area contributed by atoms with Gasteiger partial charge in [0.15, 0.2) is 17.3 Å². The van der Waals surface area contributed by atoms with Gasteiger partial charge in [0.2, 0.25) is 0 Å². The van der Waals surface area contributed by atoms with Crippen LogP contribution in [0.4, 0.5) is 5.69 Å². The van der Waals surface area contributed by atoms with Crippen molar-refractivity contribution in [2.45, 2.75) is 6.42 Å². The molecule has 1 aliphatic carbocycles. The predicted octanol–water partition coefficient (Wildman–Crippen LogP) is 2.89. The van der Waals surface area contributed by atoms with Crippen LogP contribution in [0.1, 0.15) is 21.5 Å². The number of aromatic hydroxyl groups is 1. The number of carbonyl (C=O) groups excluding carboxylic acids is 1. The lowest BCUT2D eigenvalue weighted by molar-refractivity contribution is -0.385. The second kappa shape index (κ2) is 5.62. The minimum Gasteiger partial charge on any atom is -0.508 e. The normalized spacial score (nSPS) is 16.8. The number of nitro benzene ring substituents is 1. The third kappa shape index (κ3) is 2.50. The minimum atomic E-state index is -0.519. The molecule has 25 heavy (non-hydrogen) atoms. The van der Waals surface area contributed by atoms with Crippen molar-refractivity contribution in [2.24, 2.45) is 0 Å². The number of carbonyl (C=O) groups is 1. The van der Waals surface area contributed by atoms with Gasteiger partial charge in [0.05, 0.1) is 16.6 Å². The van der Waals surface area contributed by atoms with Crippen molar-refractivity contribution in [1.29, 1.82) is 0 Å². The number of hydrogen-bond acceptors (Lipinski definition) is 6. The Bertz CT molecular complexity index is 947. The van der Waals surface area contributed by atoms with E-state index in [0.29, 0.717) is 41.4 Å². The SMILES string of the molecule is O=C1C(=Cc2cc3c(cc2[N+](=O)[O-])OCCO3)Cc2c(O)cccc21. The van der Waals surface area contributed by atoms with Crippen LogP contribution in [0.2, 0.25) is 0 Å². The van der Waals surface area contributed by atoms with E-state index in [0.717, 1.165) is 0 Å². The fourth-order valence-corrected chi connectivity index (χ4v) is 3.09. The Morgan fingerprint density at radius 1 is 1.16 bits per heavy atom. The van der Waals surface area contributed by atoms with Gasteiger partial charge >= 0.3 is 0 Å². The summed E-state index contributed by atoms with van der Waals surface area (Å²) in [6.07, 6.45) is 1.71. The molecule has 4 rings (SSSR count). The number of phenolic OH excluding ortho intramolecular Hbond substituents is 1. The zero-order valence-corrected chi connectivity index (χ0v) is 13.0. The minimum absolute atomic E-state index is 0.0472. The molecule has 2 aromatic rings. The van der Waals surface area contributed by atoms with Gasteiger partial charge < -0.3 is 14.6 Å². The summed E-state index contributed by atoms with van der Waals surface area (Å²) in [5.41, 5.74) is 1.45. The van der Waals surface area contributed by atoms with Crippen molar-refractivity contribution < 1.29 is 24.3 Å². The van der Waals surface area contributed by atoms with Crippen LogP contribution in [-0.2, 0) is 6.42 Å². The van der Waals surface area contributed by atoms with Crippen molar-refractivity contribution in [3.05, 3.63) is 62.7 Å². The number of fused-ring (bicyclic) bond motifs is 2. The highest BCUT2D eigenvalue weighted by molar-refractivity contribution is 6.16. The monoisotopic (exact) mass is 339 g/mol. The second-order valence-corrected chi connectivity index (χ2v) is 5.79. The Labute approximate surface area is 142 Å². The number of ether oxygens (including phenoxy) is 2. The maximum atomic E-state index is 12.5. The first-order valence-corrected chi connectivity index (χ1v) is 7.69. The molecule has 7 heteroatoms. The maximum absolute atomic E-state index is 12.5. The summed E-state index contributed by atoms with van der Waals surface area (Å²) >= 11 is 0. The lowest BCUT2D eigenvalue weighted by Crippen LogP contribution is -2.15. The third-order valence-electron chi connectivity index (χ3n) is 4.27. The Hall–Kier alpha value is -3.35. The van der Waals surface area contributed by atoms with Crippen molar-refractivity contribution >= 4 is 17.5 Å². The Balaban J connectivity index is 1.81. The van der Waals surface area contributed by atoms with E-state index in [4.69, 9.17) is 9.47 Å². The number of rotatable bonds is 2. The maximum Gasteiger partial charge on any atom is 0.280 e. The number of nitro groups is 1. The van der Waals surface area contributed by atoms with Crippen molar-refractivity contribution in [3.8, 4) is 17.2 Å². The Morgan fingerprint density at radius 2 is 1.88 bits per heavy atom. The van der Waals surface area contributed by atoms with Gasteiger partial charge in [-0.05, 0) is 18.2 Å². The van der Waals surface area contributed by atoms with Crippen molar-refractivity contribution in [2.75, 3.05) is 13.2 Å². The van der Waals surface area contributed by atoms with Gasteiger partial charge in [-0.15, -0.1) is 0 Å². The number of nitrogens with zero attached hydrogens (tertiary/aromatic N) is 1. The molecular formula is C18H13NO6. The first-order valence-electron chi connectivity index (χ1n) is 7.69. The molecule has 1 heterocycles. The van der Waals surface area contributed by atoms with E-state index in [1.54, 1.807) is 12.1 Å². The first kappa shape index (κ1) is 15.2. The molecule has 0 atom stereocenters. The van der Waals surface area contributed by atoms with Crippen molar-refractivity contribution in [3.63, 3.8) is 0 Å². The quantitative estimate of drug-likeness (QED) is 0.513. The average molecular weight is 339 g/mol. The third-order valence-corrected chi connectivity index (χ3v) is 4.27. The van der Waals surface area contributed by atoms with Gasteiger partial charge in [-0.2, -0.15) is 0 Å². The van der Waals surface area contributed by atoms with Gasteiger partial charge in [0.1, 0.15) is 19.0 Å². The molecule has 0 fully saturated rings. The molecule has 7 nitrogen and oxygen atoms in total. The van der Waals surface area contributed by atoms with Gasteiger partial charge in [0, 0.05) is 23.1 Å². The summed E-state index contributed by atoms with van der Waals surface area (Å²) in [4.78, 5) is 23.4. The van der Waals surface area contributed by atoms with Gasteiger partial charge in [-0.3, -0.25) is 14.9 Å². The van der Waals surface area contributed by atoms with E-state index < -0.39 is 4.92 Å². The van der Waals surface area contributed by atoms with Crippen LogP contribution in [0.3, 0.4) is 0 Å². The largest absolute Gasteiger partial charge is 0.508 e. The highest BCUT2D eigenvalue weighted by Crippen LogP contribution is 2.39. The topological polar surface area (TPSA) is 98.9 Å². The molecule has 126 valence electrons. The Kier molecular flexibility index (Phi) is 3.42. The number of Topliss-reactive ketones (excluding diaryl/α,β-unsaturated/α-hetero) is 1. The second-order valence-electron chi connectivity index (χ2n) is 5.79. The van der Waals surface area contributed by atoms with E-state index >= 15 is 0 Å². The summed E-state index contributed by atoms with van der Waals surface area (Å²) in [6.45, 7) is 0.691. The fourth-order valence-electron chi connectivity index (χ4n) is 3.09. The molecule has 0 amide bonds. The van der Waals surface area contributed by atoms with Crippen molar-refractivity contribution in [1.82, 2.24) is 0 Å². The average Bonchev–Trinajstić information content (AvgIpc) is 2.92. The molecule has 1 N–H and O–H groups in total. The Morgan fingerprint density at radius 3 is 2.56 bits per heavy atom. The van der Waals surface area contributed by atoms with Gasteiger partial charge in [-0.1, -0.05) is 12.1 Å². The predicted molar refractivity (Wildman–Crippen MR) is 88.2 cm³/mol. The van der Waals surface area contributed by atoms with Crippen LogP contribution >= 0.6 is 0 Å². The molecule has 0 saturated carbocycles. The lowest BCUT2D eigenvalue weighted by Gasteiger charge is -2.18. The molecule has 2 aromatic carbocycles. The van der Waals surface area contributed by atoms with Crippen LogP contribution in [0, 0.1) is 10.1 Å². The summed E-state index contributed by atoms with van der Waals surface area (Å²) in [5.74, 6) is 0.536. The molecule has 0 bridgehead atoms. The highest BCUT2D eigenvalue weighted by atomic mass is 16.6. The zero-order chi connectivity index (χ0) is 17.6. The zero-order valence-electron chi connectivity index (χ0n) is 13.0. The number of hydrogen-bond donors (Lipinski definition) is 1. The molecule has 0 unspecified atom stereocenters. The van der Waals surface area contributed by atoms with Gasteiger partial charge in [-0.25, -0.2) is 0 Å².